The predicted octanol–water partition coefficient (Wildman–Crippen LogP) is 4.80. The first-order valence-corrected chi connectivity index (χ1v) is 9.76. The number of piperidine rings is 1. The minimum atomic E-state index is 0.413. The second kappa shape index (κ2) is 7.74. The van der Waals surface area contributed by atoms with Gasteiger partial charge in [0.05, 0.1) is 18.1 Å². The van der Waals surface area contributed by atoms with Crippen molar-refractivity contribution in [1.82, 2.24) is 14.9 Å². The van der Waals surface area contributed by atoms with E-state index in [0.29, 0.717) is 5.92 Å². The maximum absolute atomic E-state index is 6.07. The molecule has 2 N–H and O–H groups in total. The van der Waals surface area contributed by atoms with Gasteiger partial charge in [-0.3, -0.25) is 0 Å². The standard InChI is InChI=1S/C20H21ClN4OS/c1-26-16-5-3-15(4-6-16)22-20(27)25-10-8-13(9-11-25)19-23-17-7-2-14(21)12-18(17)24-19/h2-7,12-13H,8-11H2,1H3,(H,22,27)(H,23,24). The Morgan fingerprint density at radius 2 is 1.96 bits per heavy atom. The van der Waals surface area contributed by atoms with E-state index in [0.717, 1.165) is 64.4 Å². The maximum Gasteiger partial charge on any atom is 0.173 e. The molecule has 2 aromatic carbocycles. The number of benzene rings is 2. The molecule has 5 nitrogen and oxygen atoms in total. The lowest BCUT2D eigenvalue weighted by Crippen LogP contribution is -2.40. The van der Waals surface area contributed by atoms with Crippen molar-refractivity contribution in [3.05, 3.63) is 53.3 Å². The van der Waals surface area contributed by atoms with E-state index in [4.69, 9.17) is 33.5 Å². The number of methoxy groups -OCH3 is 1. The van der Waals surface area contributed by atoms with Crippen LogP contribution in [0, 0.1) is 0 Å². The van der Waals surface area contributed by atoms with Crippen molar-refractivity contribution in [3.63, 3.8) is 0 Å². The van der Waals surface area contributed by atoms with Crippen molar-refractivity contribution in [1.29, 1.82) is 0 Å². The van der Waals surface area contributed by atoms with Crippen molar-refractivity contribution in [2.45, 2.75) is 18.8 Å². The Balaban J connectivity index is 1.36. The van der Waals surface area contributed by atoms with E-state index in [1.807, 2.05) is 42.5 Å². The smallest absolute Gasteiger partial charge is 0.173 e. The third-order valence-corrected chi connectivity index (χ3v) is 5.57. The number of thiocarbonyl (C=S) groups is 1. The molecule has 0 amide bonds. The monoisotopic (exact) mass is 400 g/mol. The fourth-order valence-corrected chi connectivity index (χ4v) is 3.90. The molecule has 0 atom stereocenters. The number of nitrogens with one attached hydrogen (secondary N) is 2. The number of hydrogen-bond donors (Lipinski definition) is 2. The molecule has 4 rings (SSSR count). The molecular formula is C20H21ClN4OS. The third kappa shape index (κ3) is 4.01. The lowest BCUT2D eigenvalue weighted by Gasteiger charge is -2.33. The lowest BCUT2D eigenvalue weighted by molar-refractivity contribution is 0.311. The number of nitrogens with zero attached hydrogens (tertiary/aromatic N) is 2. The second-order valence-corrected chi connectivity index (χ2v) is 7.53. The Labute approximate surface area is 168 Å². The van der Waals surface area contributed by atoms with Crippen LogP contribution >= 0.6 is 23.8 Å². The third-order valence-electron chi connectivity index (χ3n) is 4.97. The second-order valence-electron chi connectivity index (χ2n) is 6.70. The van der Waals surface area contributed by atoms with E-state index in [-0.39, 0.29) is 0 Å². The number of likely N-dealkylation sites (tertiary alicyclic amines) is 1. The number of aromatic nitrogens is 2. The van der Waals surface area contributed by atoms with E-state index in [2.05, 4.69) is 15.2 Å². The Kier molecular flexibility index (Phi) is 5.18. The number of fused-ring (bicyclic) bond motifs is 1. The molecule has 1 fully saturated rings. The first-order valence-electron chi connectivity index (χ1n) is 8.97. The summed E-state index contributed by atoms with van der Waals surface area (Å²) >= 11 is 11.7. The fourth-order valence-electron chi connectivity index (χ4n) is 3.43. The molecule has 0 unspecified atom stereocenters. The molecule has 0 bridgehead atoms. The summed E-state index contributed by atoms with van der Waals surface area (Å²) in [5.74, 6) is 2.29. The SMILES string of the molecule is COc1ccc(NC(=S)N2CCC(c3nc4ccc(Cl)cc4[nH]3)CC2)cc1. The average molecular weight is 401 g/mol. The maximum atomic E-state index is 6.07. The minimum Gasteiger partial charge on any atom is -0.497 e. The Bertz CT molecular complexity index is 948. The van der Waals surface area contributed by atoms with E-state index >= 15 is 0 Å². The molecule has 1 aromatic heterocycles. The van der Waals surface area contributed by atoms with Gasteiger partial charge in [-0.1, -0.05) is 11.6 Å². The Morgan fingerprint density at radius 3 is 2.67 bits per heavy atom. The molecule has 0 saturated carbocycles. The van der Waals surface area contributed by atoms with Gasteiger partial charge in [0.25, 0.3) is 0 Å². The number of hydrogen-bond acceptors (Lipinski definition) is 3. The van der Waals surface area contributed by atoms with Crippen molar-refractivity contribution < 1.29 is 4.74 Å². The molecule has 7 heteroatoms. The van der Waals surface area contributed by atoms with Gasteiger partial charge in [-0.15, -0.1) is 0 Å². The van der Waals surface area contributed by atoms with Crippen molar-refractivity contribution in [2.75, 3.05) is 25.5 Å². The quantitative estimate of drug-likeness (QED) is 0.618. The Morgan fingerprint density at radius 1 is 1.22 bits per heavy atom. The molecule has 27 heavy (non-hydrogen) atoms. The van der Waals surface area contributed by atoms with Crippen molar-refractivity contribution in [3.8, 4) is 5.75 Å². The van der Waals surface area contributed by atoms with Gasteiger partial charge in [0.15, 0.2) is 5.11 Å². The highest BCUT2D eigenvalue weighted by Gasteiger charge is 2.24. The molecule has 0 spiro atoms. The fraction of sp³-hybridized carbons (Fsp3) is 0.300. The van der Waals surface area contributed by atoms with Crippen LogP contribution in [0.1, 0.15) is 24.6 Å². The number of rotatable bonds is 3. The summed E-state index contributed by atoms with van der Waals surface area (Å²) < 4.78 is 5.19. The van der Waals surface area contributed by atoms with E-state index in [1.165, 1.54) is 0 Å². The van der Waals surface area contributed by atoms with E-state index < -0.39 is 0 Å². The van der Waals surface area contributed by atoms with E-state index in [9.17, 15) is 0 Å². The zero-order valence-electron chi connectivity index (χ0n) is 15.0. The summed E-state index contributed by atoms with van der Waals surface area (Å²) in [5, 5.41) is 4.79. The summed E-state index contributed by atoms with van der Waals surface area (Å²) in [7, 11) is 1.66. The van der Waals surface area contributed by atoms with Crippen LogP contribution in [-0.2, 0) is 0 Å². The van der Waals surface area contributed by atoms with Gasteiger partial charge in [0.1, 0.15) is 11.6 Å². The van der Waals surface area contributed by atoms with Crippen molar-refractivity contribution in [2.24, 2.45) is 0 Å². The number of ether oxygens (including phenoxy) is 1. The first-order chi connectivity index (χ1) is 13.1. The number of H-pyrrole nitrogens is 1. The molecule has 1 aliphatic rings. The Hall–Kier alpha value is -2.31. The highest BCUT2D eigenvalue weighted by atomic mass is 35.5. The molecular weight excluding hydrogens is 380 g/mol. The molecule has 140 valence electrons. The molecule has 2 heterocycles. The molecule has 1 saturated heterocycles. The minimum absolute atomic E-state index is 0.413. The summed E-state index contributed by atoms with van der Waals surface area (Å²) in [5.41, 5.74) is 2.93. The largest absolute Gasteiger partial charge is 0.497 e. The van der Waals surface area contributed by atoms with Crippen LogP contribution in [0.5, 0.6) is 5.75 Å². The summed E-state index contributed by atoms with van der Waals surface area (Å²) in [6, 6.07) is 13.5. The van der Waals surface area contributed by atoms with Crippen LogP contribution in [0.15, 0.2) is 42.5 Å². The van der Waals surface area contributed by atoms with Gasteiger partial charge in [0.2, 0.25) is 0 Å². The van der Waals surface area contributed by atoms with Crippen LogP contribution in [0.3, 0.4) is 0 Å². The molecule has 1 aliphatic heterocycles. The zero-order valence-corrected chi connectivity index (χ0v) is 16.6. The van der Waals surface area contributed by atoms with Crippen LogP contribution in [0.25, 0.3) is 11.0 Å². The summed E-state index contributed by atoms with van der Waals surface area (Å²) in [6.07, 6.45) is 2.02. The van der Waals surface area contributed by atoms with Crippen molar-refractivity contribution >= 4 is 45.7 Å². The van der Waals surface area contributed by atoms with Gasteiger partial charge in [-0.05, 0) is 67.5 Å². The lowest BCUT2D eigenvalue weighted by atomic mass is 9.96. The zero-order chi connectivity index (χ0) is 18.8. The van der Waals surface area contributed by atoms with Gasteiger partial charge in [-0.25, -0.2) is 4.98 Å². The summed E-state index contributed by atoms with van der Waals surface area (Å²) in [4.78, 5) is 10.4. The van der Waals surface area contributed by atoms with Crippen LogP contribution < -0.4 is 10.1 Å². The predicted molar refractivity (Wildman–Crippen MR) is 114 cm³/mol. The van der Waals surface area contributed by atoms with Crippen LogP contribution in [0.4, 0.5) is 5.69 Å². The molecule has 0 aliphatic carbocycles. The first kappa shape index (κ1) is 18.1. The van der Waals surface area contributed by atoms with Gasteiger partial charge >= 0.3 is 0 Å². The number of anilines is 1. The number of halogens is 1. The summed E-state index contributed by atoms with van der Waals surface area (Å²) in [6.45, 7) is 1.81. The normalized spacial score (nSPS) is 15.1. The highest BCUT2D eigenvalue weighted by molar-refractivity contribution is 7.80. The molecule has 3 aromatic rings. The highest BCUT2D eigenvalue weighted by Crippen LogP contribution is 2.29. The van der Waals surface area contributed by atoms with Gasteiger partial charge in [0, 0.05) is 29.7 Å². The average Bonchev–Trinajstić information content (AvgIpc) is 3.12. The van der Waals surface area contributed by atoms with Gasteiger partial charge in [-0.2, -0.15) is 0 Å². The van der Waals surface area contributed by atoms with E-state index in [1.54, 1.807) is 7.11 Å². The topological polar surface area (TPSA) is 53.2 Å². The van der Waals surface area contributed by atoms with Gasteiger partial charge < -0.3 is 19.9 Å². The number of imidazole rings is 1. The molecule has 0 radical (unpaired) electrons. The number of aromatic amines is 1. The van der Waals surface area contributed by atoms with Crippen LogP contribution in [0.2, 0.25) is 5.02 Å². The van der Waals surface area contributed by atoms with Crippen LogP contribution in [-0.4, -0.2) is 40.2 Å².